The zero-order valence-electron chi connectivity index (χ0n) is 18.5. The number of aliphatic hydroxyl groups excluding tert-OH is 1. The van der Waals surface area contributed by atoms with Crippen LogP contribution in [-0.4, -0.2) is 29.9 Å². The monoisotopic (exact) mass is 443 g/mol. The van der Waals surface area contributed by atoms with E-state index < -0.39 is 12.2 Å². The molecule has 0 saturated heterocycles. The molecule has 0 spiro atoms. The molecule has 5 rings (SSSR count). The molecule has 168 valence electrons. The van der Waals surface area contributed by atoms with E-state index in [1.54, 1.807) is 25.3 Å². The van der Waals surface area contributed by atoms with Crippen molar-refractivity contribution in [1.82, 2.24) is 4.98 Å². The van der Waals surface area contributed by atoms with E-state index in [2.05, 4.69) is 0 Å². The fourth-order valence-electron chi connectivity index (χ4n) is 3.93. The SMILES string of the molecule is COc1ccc(O[C@@H]2COc3ccc(OC(C)c4ccc5ccccc5n4)cc3[C@@H]2O)cc1. The number of rotatable bonds is 6. The second-order valence-corrected chi connectivity index (χ2v) is 7.98. The molecule has 0 aliphatic carbocycles. The van der Waals surface area contributed by atoms with Crippen LogP contribution in [0.25, 0.3) is 10.9 Å². The maximum atomic E-state index is 11.0. The molecule has 33 heavy (non-hydrogen) atoms. The highest BCUT2D eigenvalue weighted by Gasteiger charge is 2.31. The summed E-state index contributed by atoms with van der Waals surface area (Å²) in [5, 5.41) is 12.1. The number of fused-ring (bicyclic) bond motifs is 2. The summed E-state index contributed by atoms with van der Waals surface area (Å²) in [6.07, 6.45) is -1.66. The van der Waals surface area contributed by atoms with Gasteiger partial charge in [-0.15, -0.1) is 0 Å². The lowest BCUT2D eigenvalue weighted by atomic mass is 10.0. The molecule has 1 aliphatic rings. The number of pyridine rings is 1. The molecule has 0 fully saturated rings. The van der Waals surface area contributed by atoms with Crippen molar-refractivity contribution in [2.24, 2.45) is 0 Å². The third-order valence-electron chi connectivity index (χ3n) is 5.75. The van der Waals surface area contributed by atoms with Crippen LogP contribution in [0.4, 0.5) is 0 Å². The number of ether oxygens (including phenoxy) is 4. The van der Waals surface area contributed by atoms with Crippen molar-refractivity contribution in [3.05, 3.63) is 90.1 Å². The van der Waals surface area contributed by atoms with E-state index in [-0.39, 0.29) is 12.7 Å². The molecule has 2 heterocycles. The summed E-state index contributed by atoms with van der Waals surface area (Å²) < 4.78 is 23.1. The van der Waals surface area contributed by atoms with Gasteiger partial charge in [0.2, 0.25) is 0 Å². The van der Waals surface area contributed by atoms with Crippen LogP contribution in [0.15, 0.2) is 78.9 Å². The average Bonchev–Trinajstić information content (AvgIpc) is 2.86. The third-order valence-corrected chi connectivity index (χ3v) is 5.75. The topological polar surface area (TPSA) is 70.0 Å². The van der Waals surface area contributed by atoms with Gasteiger partial charge in [0.15, 0.2) is 6.10 Å². The van der Waals surface area contributed by atoms with Crippen molar-refractivity contribution in [2.45, 2.75) is 25.2 Å². The first-order valence-electron chi connectivity index (χ1n) is 10.9. The van der Waals surface area contributed by atoms with E-state index in [9.17, 15) is 5.11 Å². The molecule has 0 bridgehead atoms. The van der Waals surface area contributed by atoms with Gasteiger partial charge in [-0.2, -0.15) is 0 Å². The molecule has 3 aromatic carbocycles. The lowest BCUT2D eigenvalue weighted by Crippen LogP contribution is -2.35. The van der Waals surface area contributed by atoms with Gasteiger partial charge in [0.1, 0.15) is 41.8 Å². The van der Waals surface area contributed by atoms with Gasteiger partial charge in [0, 0.05) is 10.9 Å². The minimum absolute atomic E-state index is 0.248. The van der Waals surface area contributed by atoms with Crippen LogP contribution < -0.4 is 18.9 Å². The minimum Gasteiger partial charge on any atom is -0.497 e. The Morgan fingerprint density at radius 1 is 0.939 bits per heavy atom. The Balaban J connectivity index is 1.32. The highest BCUT2D eigenvalue weighted by Crippen LogP contribution is 2.37. The third kappa shape index (κ3) is 4.43. The highest BCUT2D eigenvalue weighted by molar-refractivity contribution is 5.78. The zero-order chi connectivity index (χ0) is 22.8. The Hall–Kier alpha value is -3.77. The van der Waals surface area contributed by atoms with Gasteiger partial charge in [-0.3, -0.25) is 0 Å². The second-order valence-electron chi connectivity index (χ2n) is 7.98. The molecule has 3 atom stereocenters. The summed E-state index contributed by atoms with van der Waals surface area (Å²) in [4.78, 5) is 4.72. The molecule has 1 N–H and O–H groups in total. The lowest BCUT2D eigenvalue weighted by Gasteiger charge is -2.31. The summed E-state index contributed by atoms with van der Waals surface area (Å²) in [5.41, 5.74) is 2.40. The zero-order valence-corrected chi connectivity index (χ0v) is 18.5. The van der Waals surface area contributed by atoms with E-state index >= 15 is 0 Å². The molecule has 0 saturated carbocycles. The number of methoxy groups -OCH3 is 1. The van der Waals surface area contributed by atoms with E-state index in [0.717, 1.165) is 22.3 Å². The number of hydrogen-bond acceptors (Lipinski definition) is 6. The van der Waals surface area contributed by atoms with Crippen LogP contribution in [0.5, 0.6) is 23.0 Å². The van der Waals surface area contributed by atoms with Crippen LogP contribution in [0.1, 0.15) is 30.4 Å². The Bertz CT molecular complexity index is 1260. The van der Waals surface area contributed by atoms with Crippen LogP contribution in [0, 0.1) is 0 Å². The largest absolute Gasteiger partial charge is 0.497 e. The van der Waals surface area contributed by atoms with Gasteiger partial charge in [0.05, 0.1) is 18.3 Å². The number of para-hydroxylation sites is 1. The smallest absolute Gasteiger partial charge is 0.163 e. The maximum Gasteiger partial charge on any atom is 0.163 e. The van der Waals surface area contributed by atoms with Gasteiger partial charge >= 0.3 is 0 Å². The first kappa shape index (κ1) is 21.1. The highest BCUT2D eigenvalue weighted by atomic mass is 16.5. The van der Waals surface area contributed by atoms with Crippen LogP contribution in [0.3, 0.4) is 0 Å². The maximum absolute atomic E-state index is 11.0. The van der Waals surface area contributed by atoms with E-state index in [1.165, 1.54) is 0 Å². The molecule has 4 aromatic rings. The van der Waals surface area contributed by atoms with Crippen molar-refractivity contribution in [2.75, 3.05) is 13.7 Å². The predicted molar refractivity (Wildman–Crippen MR) is 125 cm³/mol. The molecular weight excluding hydrogens is 418 g/mol. The average molecular weight is 443 g/mol. The Kier molecular flexibility index (Phi) is 5.75. The number of nitrogens with zero attached hydrogens (tertiary/aromatic N) is 1. The minimum atomic E-state index is -0.853. The van der Waals surface area contributed by atoms with Gasteiger partial charge in [-0.05, 0) is 61.5 Å². The van der Waals surface area contributed by atoms with E-state index in [1.807, 2.05) is 67.6 Å². The van der Waals surface area contributed by atoms with Crippen molar-refractivity contribution in [3.63, 3.8) is 0 Å². The molecular formula is C27H25NO5. The van der Waals surface area contributed by atoms with Gasteiger partial charge in [-0.1, -0.05) is 24.3 Å². The number of aliphatic hydroxyl groups is 1. The molecule has 1 unspecified atom stereocenters. The molecule has 6 heteroatoms. The quantitative estimate of drug-likeness (QED) is 0.439. The molecule has 0 radical (unpaired) electrons. The van der Waals surface area contributed by atoms with Crippen LogP contribution in [-0.2, 0) is 0 Å². The van der Waals surface area contributed by atoms with Crippen molar-refractivity contribution in [3.8, 4) is 23.0 Å². The molecule has 1 aliphatic heterocycles. The van der Waals surface area contributed by atoms with E-state index in [0.29, 0.717) is 22.8 Å². The Morgan fingerprint density at radius 2 is 1.70 bits per heavy atom. The van der Waals surface area contributed by atoms with Crippen molar-refractivity contribution < 1.29 is 24.1 Å². The molecule has 1 aromatic heterocycles. The van der Waals surface area contributed by atoms with Crippen molar-refractivity contribution >= 4 is 10.9 Å². The van der Waals surface area contributed by atoms with Gasteiger partial charge in [0.25, 0.3) is 0 Å². The van der Waals surface area contributed by atoms with Gasteiger partial charge in [-0.25, -0.2) is 4.98 Å². The molecule has 6 nitrogen and oxygen atoms in total. The van der Waals surface area contributed by atoms with Gasteiger partial charge < -0.3 is 24.1 Å². The Labute approximate surface area is 192 Å². The predicted octanol–water partition coefficient (Wildman–Crippen LogP) is 5.26. The summed E-state index contributed by atoms with van der Waals surface area (Å²) in [5.74, 6) is 2.63. The van der Waals surface area contributed by atoms with Crippen LogP contribution >= 0.6 is 0 Å². The lowest BCUT2D eigenvalue weighted by molar-refractivity contribution is -0.0105. The number of aromatic nitrogens is 1. The summed E-state index contributed by atoms with van der Waals surface area (Å²) in [6, 6.07) is 24.7. The Morgan fingerprint density at radius 3 is 2.52 bits per heavy atom. The number of hydrogen-bond donors (Lipinski definition) is 1. The first-order chi connectivity index (χ1) is 16.1. The summed E-state index contributed by atoms with van der Waals surface area (Å²) >= 11 is 0. The standard InChI is InChI=1S/C27H25NO5/c1-17(23-13-7-18-5-3-4-6-24(18)28-23)32-21-12-14-25-22(15-21)27(29)26(16-31-25)33-20-10-8-19(30-2)9-11-20/h3-15,17,26-27,29H,16H2,1-2H3/t17?,26-,27+/m1/s1. The van der Waals surface area contributed by atoms with Crippen LogP contribution in [0.2, 0.25) is 0 Å². The van der Waals surface area contributed by atoms with E-state index in [4.69, 9.17) is 23.9 Å². The summed E-state index contributed by atoms with van der Waals surface area (Å²) in [7, 11) is 1.61. The molecule has 0 amide bonds. The fraction of sp³-hybridized carbons (Fsp3) is 0.222. The second kappa shape index (κ2) is 9.00. The fourth-order valence-corrected chi connectivity index (χ4v) is 3.93. The number of benzene rings is 3. The summed E-state index contributed by atoms with van der Waals surface area (Å²) in [6.45, 7) is 2.21. The first-order valence-corrected chi connectivity index (χ1v) is 10.9. The van der Waals surface area contributed by atoms with Crippen molar-refractivity contribution in [1.29, 1.82) is 0 Å². The normalized spacial score (nSPS) is 18.2.